The third-order valence-electron chi connectivity index (χ3n) is 5.66. The minimum absolute atomic E-state index is 1.18. The summed E-state index contributed by atoms with van der Waals surface area (Å²) in [5.74, 6) is 0. The Kier molecular flexibility index (Phi) is 4.93. The first-order chi connectivity index (χ1) is 12.8. The molecular weight excluding hydrogens is 312 g/mol. The molecule has 0 spiro atoms. The van der Waals surface area contributed by atoms with Crippen molar-refractivity contribution in [2.75, 3.05) is 0 Å². The van der Waals surface area contributed by atoms with Crippen molar-refractivity contribution in [1.29, 1.82) is 0 Å². The first-order valence-electron chi connectivity index (χ1n) is 10.2. The molecule has 0 amide bonds. The summed E-state index contributed by atoms with van der Waals surface area (Å²) in [6, 6.07) is 22.7. The van der Waals surface area contributed by atoms with Gasteiger partial charge in [0.25, 0.3) is 0 Å². The average Bonchev–Trinajstić information content (AvgIpc) is 2.68. The fourth-order valence-electron chi connectivity index (χ4n) is 4.30. The highest BCUT2D eigenvalue weighted by molar-refractivity contribution is 6.09. The molecule has 0 unspecified atom stereocenters. The van der Waals surface area contributed by atoms with Gasteiger partial charge in [0.1, 0.15) is 0 Å². The highest BCUT2D eigenvalue weighted by Gasteiger charge is 2.26. The lowest BCUT2D eigenvalue weighted by Gasteiger charge is -2.28. The zero-order chi connectivity index (χ0) is 17.9. The summed E-state index contributed by atoms with van der Waals surface area (Å²) < 4.78 is 0. The Morgan fingerprint density at radius 2 is 1.04 bits per heavy atom. The molecule has 0 heteroatoms. The second-order valence-corrected chi connectivity index (χ2v) is 7.43. The van der Waals surface area contributed by atoms with Crippen molar-refractivity contribution < 1.29 is 0 Å². The van der Waals surface area contributed by atoms with Crippen LogP contribution in [0.3, 0.4) is 0 Å². The first-order valence-corrected chi connectivity index (χ1v) is 10.2. The molecule has 0 saturated carbocycles. The molecular formula is C26H28. The number of fused-ring (bicyclic) bond motifs is 4. The molecule has 0 aliphatic heterocycles. The molecule has 1 aliphatic rings. The molecule has 0 atom stereocenters. The Bertz CT molecular complexity index is 891. The molecule has 0 N–H and O–H groups in total. The zero-order valence-electron chi connectivity index (χ0n) is 16.0. The Labute approximate surface area is 157 Å². The standard InChI is InChI=1S/C26H28/c1-3-5-11-19-13-9-14-20(12-6-4-2)25(19)24-18-10-17-23-21-15-7-8-16-22(21)26(23)24/h7-10,13-18H,3-6,11-12H2,1-2H3. The quantitative estimate of drug-likeness (QED) is 0.323. The van der Waals surface area contributed by atoms with E-state index < -0.39 is 0 Å². The predicted molar refractivity (Wildman–Crippen MR) is 114 cm³/mol. The minimum Gasteiger partial charge on any atom is -0.0654 e. The van der Waals surface area contributed by atoms with Gasteiger partial charge in [0.15, 0.2) is 0 Å². The van der Waals surface area contributed by atoms with Gasteiger partial charge >= 0.3 is 0 Å². The summed E-state index contributed by atoms with van der Waals surface area (Å²) in [5.41, 5.74) is 11.7. The molecule has 3 aromatic rings. The van der Waals surface area contributed by atoms with E-state index in [4.69, 9.17) is 0 Å². The summed E-state index contributed by atoms with van der Waals surface area (Å²) in [6.07, 6.45) is 7.36. The third kappa shape index (κ3) is 2.88. The van der Waals surface area contributed by atoms with Crippen LogP contribution in [0.1, 0.15) is 50.7 Å². The Hall–Kier alpha value is -2.34. The lowest BCUT2D eigenvalue weighted by Crippen LogP contribution is -2.04. The molecule has 1 aliphatic carbocycles. The van der Waals surface area contributed by atoms with Gasteiger partial charge in [-0.3, -0.25) is 0 Å². The Balaban J connectivity index is 1.87. The summed E-state index contributed by atoms with van der Waals surface area (Å²) in [6.45, 7) is 4.57. The smallest absolute Gasteiger partial charge is 0.00202 e. The molecule has 0 bridgehead atoms. The SMILES string of the molecule is CCCCc1cccc(CCCC)c1-c1cccc2c1-c1ccccc1-2. The van der Waals surface area contributed by atoms with Crippen LogP contribution in [-0.4, -0.2) is 0 Å². The monoisotopic (exact) mass is 340 g/mol. The van der Waals surface area contributed by atoms with Gasteiger partial charge in [-0.2, -0.15) is 0 Å². The highest BCUT2D eigenvalue weighted by atomic mass is 14.3. The number of benzene rings is 3. The average molecular weight is 341 g/mol. The molecule has 0 aromatic heterocycles. The third-order valence-corrected chi connectivity index (χ3v) is 5.66. The van der Waals surface area contributed by atoms with Crippen LogP contribution in [0.5, 0.6) is 0 Å². The minimum atomic E-state index is 1.18. The van der Waals surface area contributed by atoms with E-state index in [1.54, 1.807) is 0 Å². The van der Waals surface area contributed by atoms with Crippen LogP contribution in [0, 0.1) is 0 Å². The first kappa shape index (κ1) is 17.1. The van der Waals surface area contributed by atoms with Gasteiger partial charge in [-0.25, -0.2) is 0 Å². The second kappa shape index (κ2) is 7.50. The Morgan fingerprint density at radius 1 is 0.500 bits per heavy atom. The lowest BCUT2D eigenvalue weighted by molar-refractivity contribution is 0.782. The van der Waals surface area contributed by atoms with Crippen molar-refractivity contribution in [3.63, 3.8) is 0 Å². The molecule has 3 aromatic carbocycles. The summed E-state index contributed by atoms with van der Waals surface area (Å²) >= 11 is 0. The molecule has 26 heavy (non-hydrogen) atoms. The molecule has 0 nitrogen and oxygen atoms in total. The van der Waals surface area contributed by atoms with E-state index in [1.807, 2.05) is 0 Å². The van der Waals surface area contributed by atoms with Gasteiger partial charge in [-0.15, -0.1) is 0 Å². The van der Waals surface area contributed by atoms with Gasteiger partial charge < -0.3 is 0 Å². The van der Waals surface area contributed by atoms with Gasteiger partial charge in [0, 0.05) is 0 Å². The van der Waals surface area contributed by atoms with E-state index in [2.05, 4.69) is 74.5 Å². The van der Waals surface area contributed by atoms with E-state index in [-0.39, 0.29) is 0 Å². The highest BCUT2D eigenvalue weighted by Crippen LogP contribution is 2.52. The maximum atomic E-state index is 2.35. The Morgan fingerprint density at radius 3 is 1.69 bits per heavy atom. The van der Waals surface area contributed by atoms with Gasteiger partial charge in [-0.1, -0.05) is 87.4 Å². The summed E-state index contributed by atoms with van der Waals surface area (Å²) in [4.78, 5) is 0. The number of rotatable bonds is 7. The fraction of sp³-hybridized carbons (Fsp3) is 0.308. The summed E-state index contributed by atoms with van der Waals surface area (Å²) in [5, 5.41) is 0. The van der Waals surface area contributed by atoms with Crippen molar-refractivity contribution in [1.82, 2.24) is 0 Å². The van der Waals surface area contributed by atoms with Crippen LogP contribution in [0.4, 0.5) is 0 Å². The van der Waals surface area contributed by atoms with E-state index in [9.17, 15) is 0 Å². The maximum Gasteiger partial charge on any atom is -0.00202 e. The second-order valence-electron chi connectivity index (χ2n) is 7.43. The number of hydrogen-bond acceptors (Lipinski definition) is 0. The molecule has 0 heterocycles. The van der Waals surface area contributed by atoms with Crippen LogP contribution >= 0.6 is 0 Å². The van der Waals surface area contributed by atoms with Crippen molar-refractivity contribution in [3.8, 4) is 33.4 Å². The predicted octanol–water partition coefficient (Wildman–Crippen LogP) is 7.69. The fourth-order valence-corrected chi connectivity index (χ4v) is 4.30. The molecule has 0 fully saturated rings. The van der Waals surface area contributed by atoms with Gasteiger partial charge in [0.05, 0.1) is 0 Å². The van der Waals surface area contributed by atoms with Gasteiger partial charge in [-0.05, 0) is 70.2 Å². The number of aryl methyl sites for hydroxylation is 2. The molecule has 0 saturated heterocycles. The van der Waals surface area contributed by atoms with Crippen molar-refractivity contribution >= 4 is 0 Å². The maximum absolute atomic E-state index is 2.35. The summed E-state index contributed by atoms with van der Waals surface area (Å²) in [7, 11) is 0. The van der Waals surface area contributed by atoms with Crippen LogP contribution in [0.2, 0.25) is 0 Å². The number of hydrogen-bond donors (Lipinski definition) is 0. The molecule has 4 rings (SSSR count). The molecule has 132 valence electrons. The van der Waals surface area contributed by atoms with E-state index in [1.165, 1.54) is 83.0 Å². The van der Waals surface area contributed by atoms with Crippen molar-refractivity contribution in [2.45, 2.75) is 52.4 Å². The van der Waals surface area contributed by atoms with Crippen LogP contribution in [-0.2, 0) is 12.8 Å². The van der Waals surface area contributed by atoms with Crippen LogP contribution in [0.15, 0.2) is 60.7 Å². The van der Waals surface area contributed by atoms with Crippen LogP contribution in [0.25, 0.3) is 33.4 Å². The lowest BCUT2D eigenvalue weighted by atomic mass is 9.75. The van der Waals surface area contributed by atoms with E-state index >= 15 is 0 Å². The van der Waals surface area contributed by atoms with Crippen LogP contribution < -0.4 is 0 Å². The topological polar surface area (TPSA) is 0 Å². The normalized spacial score (nSPS) is 11.6. The van der Waals surface area contributed by atoms with Crippen molar-refractivity contribution in [3.05, 3.63) is 71.8 Å². The van der Waals surface area contributed by atoms with Crippen molar-refractivity contribution in [2.24, 2.45) is 0 Å². The van der Waals surface area contributed by atoms with Gasteiger partial charge in [0.2, 0.25) is 0 Å². The molecule has 0 radical (unpaired) electrons. The number of unbranched alkanes of at least 4 members (excludes halogenated alkanes) is 2. The van der Waals surface area contributed by atoms with E-state index in [0.29, 0.717) is 0 Å². The largest absolute Gasteiger partial charge is 0.0654 e. The van der Waals surface area contributed by atoms with E-state index in [0.717, 1.165) is 0 Å². The zero-order valence-corrected chi connectivity index (χ0v) is 16.0.